The fourth-order valence-corrected chi connectivity index (χ4v) is 4.73. The van der Waals surface area contributed by atoms with E-state index in [2.05, 4.69) is 54.2 Å². The van der Waals surface area contributed by atoms with Gasteiger partial charge in [-0.15, -0.1) is 0 Å². The zero-order valence-electron chi connectivity index (χ0n) is 18.1. The lowest BCUT2D eigenvalue weighted by atomic mass is 9.99. The van der Waals surface area contributed by atoms with Gasteiger partial charge >= 0.3 is 6.09 Å². The number of aromatic nitrogens is 1. The van der Waals surface area contributed by atoms with E-state index in [1.165, 1.54) is 55.7 Å². The Hall–Kier alpha value is -1.66. The second-order valence-electron chi connectivity index (χ2n) is 8.42. The molecule has 0 saturated carbocycles. The number of unbranched alkanes of at least 4 members (excludes halogenated alkanes) is 1. The first-order chi connectivity index (χ1) is 14.1. The van der Waals surface area contributed by atoms with Crippen molar-refractivity contribution in [2.24, 2.45) is 11.8 Å². The third kappa shape index (κ3) is 6.68. The highest BCUT2D eigenvalue weighted by Crippen LogP contribution is 2.28. The zero-order valence-corrected chi connectivity index (χ0v) is 18.9. The smallest absolute Gasteiger partial charge is 0.413 e. The minimum atomic E-state index is -0.401. The highest BCUT2D eigenvalue weighted by molar-refractivity contribution is 7.22. The van der Waals surface area contributed by atoms with Gasteiger partial charge in [-0.3, -0.25) is 10.2 Å². The predicted molar refractivity (Wildman–Crippen MR) is 122 cm³/mol. The molecule has 0 bridgehead atoms. The molecular formula is C23H35N3O2S. The number of rotatable bonds is 9. The number of nitrogens with zero attached hydrogens (tertiary/aromatic N) is 2. The monoisotopic (exact) mass is 417 g/mol. The summed E-state index contributed by atoms with van der Waals surface area (Å²) in [4.78, 5) is 19.2. The molecule has 0 aliphatic carbocycles. The molecule has 2 aromatic rings. The van der Waals surface area contributed by atoms with E-state index in [0.29, 0.717) is 17.7 Å². The number of anilines is 1. The molecule has 3 rings (SSSR count). The molecule has 1 fully saturated rings. The molecule has 1 unspecified atom stereocenters. The van der Waals surface area contributed by atoms with Gasteiger partial charge in [0, 0.05) is 6.54 Å². The van der Waals surface area contributed by atoms with Crippen LogP contribution in [0.4, 0.5) is 9.93 Å². The largest absolute Gasteiger partial charge is 0.449 e. The van der Waals surface area contributed by atoms with Crippen LogP contribution in [0, 0.1) is 11.8 Å². The molecule has 1 aromatic heterocycles. The summed E-state index contributed by atoms with van der Waals surface area (Å²) in [6.07, 6.45) is 6.68. The van der Waals surface area contributed by atoms with Gasteiger partial charge in [-0.25, -0.2) is 9.78 Å². The number of hydrogen-bond donors (Lipinski definition) is 1. The van der Waals surface area contributed by atoms with Crippen molar-refractivity contribution in [2.75, 3.05) is 25.0 Å². The Morgan fingerprint density at radius 3 is 2.86 bits per heavy atom. The molecule has 1 aliphatic heterocycles. The van der Waals surface area contributed by atoms with Crippen molar-refractivity contribution in [3.8, 4) is 0 Å². The summed E-state index contributed by atoms with van der Waals surface area (Å²) >= 11 is 1.51. The molecule has 5 nitrogen and oxygen atoms in total. The van der Waals surface area contributed by atoms with Crippen molar-refractivity contribution in [2.45, 2.75) is 65.8 Å². The van der Waals surface area contributed by atoms with Crippen LogP contribution in [0.2, 0.25) is 0 Å². The summed E-state index contributed by atoms with van der Waals surface area (Å²) < 4.78 is 6.54. The van der Waals surface area contributed by atoms with Crippen LogP contribution in [0.3, 0.4) is 0 Å². The van der Waals surface area contributed by atoms with Crippen molar-refractivity contribution in [3.63, 3.8) is 0 Å². The number of piperidine rings is 1. The summed E-state index contributed by atoms with van der Waals surface area (Å²) in [6.45, 7) is 10.5. The first-order valence-electron chi connectivity index (χ1n) is 11.1. The van der Waals surface area contributed by atoms with Gasteiger partial charge in [0.15, 0.2) is 5.13 Å². The molecule has 1 saturated heterocycles. The molecule has 1 atom stereocenters. The van der Waals surface area contributed by atoms with Gasteiger partial charge in [0.2, 0.25) is 0 Å². The summed E-state index contributed by atoms with van der Waals surface area (Å²) in [5.41, 5.74) is 2.24. The third-order valence-corrected chi connectivity index (χ3v) is 6.87. The Kier molecular flexibility index (Phi) is 8.30. The second kappa shape index (κ2) is 10.9. The zero-order chi connectivity index (χ0) is 20.6. The topological polar surface area (TPSA) is 54.5 Å². The Balaban J connectivity index is 1.53. The minimum absolute atomic E-state index is 0.401. The first kappa shape index (κ1) is 22.0. The molecule has 29 heavy (non-hydrogen) atoms. The Morgan fingerprint density at radius 1 is 1.34 bits per heavy atom. The number of thiazole rings is 1. The number of ether oxygens (including phenoxy) is 1. The fraction of sp³-hybridized carbons (Fsp3) is 0.652. The number of nitrogens with one attached hydrogen (secondary N) is 1. The van der Waals surface area contributed by atoms with Crippen LogP contribution < -0.4 is 5.32 Å². The molecule has 0 radical (unpaired) electrons. The number of likely N-dealkylation sites (tertiary alicyclic amines) is 1. The maximum absolute atomic E-state index is 12.2. The Morgan fingerprint density at radius 2 is 2.14 bits per heavy atom. The van der Waals surface area contributed by atoms with Crippen molar-refractivity contribution >= 4 is 32.8 Å². The number of carbonyl (C=O) groups excluding carboxylic acids is 1. The molecule has 1 amide bonds. The van der Waals surface area contributed by atoms with Gasteiger partial charge in [0.05, 0.1) is 16.8 Å². The van der Waals surface area contributed by atoms with Crippen LogP contribution in [0.1, 0.15) is 64.9 Å². The number of benzene rings is 1. The lowest BCUT2D eigenvalue weighted by molar-refractivity contribution is 0.136. The van der Waals surface area contributed by atoms with Gasteiger partial charge < -0.3 is 4.74 Å². The van der Waals surface area contributed by atoms with E-state index in [1.54, 1.807) is 0 Å². The van der Waals surface area contributed by atoms with E-state index in [9.17, 15) is 4.79 Å². The molecular weight excluding hydrogens is 382 g/mol. The highest BCUT2D eigenvalue weighted by atomic mass is 32.1. The molecule has 1 N–H and O–H groups in total. The van der Waals surface area contributed by atoms with Crippen LogP contribution in [-0.4, -0.2) is 35.7 Å². The molecule has 160 valence electrons. The maximum Gasteiger partial charge on any atom is 0.413 e. The van der Waals surface area contributed by atoms with Crippen molar-refractivity contribution in [1.82, 2.24) is 9.88 Å². The highest BCUT2D eigenvalue weighted by Gasteiger charge is 2.16. The number of carbonyl (C=O) groups is 1. The second-order valence-corrected chi connectivity index (χ2v) is 9.45. The molecule has 6 heteroatoms. The van der Waals surface area contributed by atoms with Gasteiger partial charge in [-0.2, -0.15) is 0 Å². The average molecular weight is 418 g/mol. The first-order valence-corrected chi connectivity index (χ1v) is 11.9. The summed E-state index contributed by atoms with van der Waals surface area (Å²) in [7, 11) is 0. The Bertz CT molecular complexity index is 784. The van der Waals surface area contributed by atoms with Gasteiger partial charge in [-0.05, 0) is 61.9 Å². The van der Waals surface area contributed by atoms with Crippen molar-refractivity contribution in [3.05, 3.63) is 23.8 Å². The van der Waals surface area contributed by atoms with Crippen LogP contribution >= 0.6 is 11.3 Å². The van der Waals surface area contributed by atoms with Gasteiger partial charge in [0.1, 0.15) is 0 Å². The SMILES string of the molecule is CCCCC(CC)COC(=O)Nc1nc2ccc(CN3CCC(C)CC3)cc2s1. The fourth-order valence-electron chi connectivity index (χ4n) is 3.81. The summed E-state index contributed by atoms with van der Waals surface area (Å²) in [6, 6.07) is 6.42. The summed E-state index contributed by atoms with van der Waals surface area (Å²) in [5.74, 6) is 1.29. The van der Waals surface area contributed by atoms with E-state index in [-0.39, 0.29) is 0 Å². The van der Waals surface area contributed by atoms with E-state index >= 15 is 0 Å². The normalized spacial score (nSPS) is 16.8. The third-order valence-electron chi connectivity index (χ3n) is 5.94. The van der Waals surface area contributed by atoms with Crippen LogP contribution in [-0.2, 0) is 11.3 Å². The number of amides is 1. The molecule has 1 aromatic carbocycles. The lowest BCUT2D eigenvalue weighted by Crippen LogP contribution is -2.32. The van der Waals surface area contributed by atoms with E-state index in [0.717, 1.165) is 35.5 Å². The van der Waals surface area contributed by atoms with Crippen LogP contribution in [0.25, 0.3) is 10.2 Å². The van der Waals surface area contributed by atoms with Crippen molar-refractivity contribution in [1.29, 1.82) is 0 Å². The number of fused-ring (bicyclic) bond motifs is 1. The number of hydrogen-bond acceptors (Lipinski definition) is 5. The van der Waals surface area contributed by atoms with E-state index < -0.39 is 6.09 Å². The van der Waals surface area contributed by atoms with Crippen LogP contribution in [0.5, 0.6) is 0 Å². The van der Waals surface area contributed by atoms with Gasteiger partial charge in [-0.1, -0.05) is 57.4 Å². The molecule has 0 spiro atoms. The average Bonchev–Trinajstić information content (AvgIpc) is 3.11. The minimum Gasteiger partial charge on any atom is -0.449 e. The lowest BCUT2D eigenvalue weighted by Gasteiger charge is -2.30. The molecule has 1 aliphatic rings. The van der Waals surface area contributed by atoms with E-state index in [4.69, 9.17) is 4.74 Å². The summed E-state index contributed by atoms with van der Waals surface area (Å²) in [5, 5.41) is 3.42. The van der Waals surface area contributed by atoms with Crippen LogP contribution in [0.15, 0.2) is 18.2 Å². The standard InChI is InChI=1S/C23H35N3O2S/c1-4-6-7-18(5-2)16-28-23(27)25-22-24-20-9-8-19(14-21(20)29-22)15-26-12-10-17(3)11-13-26/h8-9,14,17-18H,4-7,10-13,15-16H2,1-3H3,(H,24,25,27). The Labute approximate surface area is 178 Å². The van der Waals surface area contributed by atoms with Gasteiger partial charge in [0.25, 0.3) is 0 Å². The quantitative estimate of drug-likeness (QED) is 0.521. The molecule has 2 heterocycles. The maximum atomic E-state index is 12.2. The predicted octanol–water partition coefficient (Wildman–Crippen LogP) is 6.29. The van der Waals surface area contributed by atoms with E-state index in [1.807, 2.05) is 0 Å². The van der Waals surface area contributed by atoms with Crippen molar-refractivity contribution < 1.29 is 9.53 Å².